The zero-order valence-corrected chi connectivity index (χ0v) is 32.8. The molecule has 290 valence electrons. The van der Waals surface area contributed by atoms with Gasteiger partial charge in [0.05, 0.1) is 0 Å². The number of hydrogen-bond acceptors (Lipinski definition) is 4. The van der Waals surface area contributed by atoms with E-state index in [1.165, 1.54) is 154 Å². The van der Waals surface area contributed by atoms with Crippen molar-refractivity contribution >= 4 is 11.8 Å². The van der Waals surface area contributed by atoms with Gasteiger partial charge < -0.3 is 20.8 Å². The van der Waals surface area contributed by atoms with Crippen LogP contribution in [0, 0.1) is 0 Å². The van der Waals surface area contributed by atoms with E-state index in [9.17, 15) is 19.8 Å². The van der Waals surface area contributed by atoms with Crippen molar-refractivity contribution in [3.05, 3.63) is 35.4 Å². The van der Waals surface area contributed by atoms with Gasteiger partial charge in [0.25, 0.3) is 0 Å². The highest BCUT2D eigenvalue weighted by Crippen LogP contribution is 2.16. The van der Waals surface area contributed by atoms with E-state index in [-0.39, 0.29) is 11.8 Å². The van der Waals surface area contributed by atoms with Gasteiger partial charge in [0, 0.05) is 13.1 Å². The fourth-order valence-corrected chi connectivity index (χ4v) is 6.72. The zero-order valence-electron chi connectivity index (χ0n) is 32.8. The number of aliphatic hydroxyl groups is 2. The molecule has 6 nitrogen and oxygen atoms in total. The average molecular weight is 701 g/mol. The van der Waals surface area contributed by atoms with Gasteiger partial charge in [0.15, 0.2) is 0 Å². The molecule has 0 fully saturated rings. The van der Waals surface area contributed by atoms with Crippen molar-refractivity contribution in [3.63, 3.8) is 0 Å². The molecule has 50 heavy (non-hydrogen) atoms. The van der Waals surface area contributed by atoms with Crippen molar-refractivity contribution in [1.82, 2.24) is 10.6 Å². The second-order valence-electron chi connectivity index (χ2n) is 15.1. The number of nitrogens with one attached hydrogen (secondary N) is 2. The predicted octanol–water partition coefficient (Wildman–Crippen LogP) is 11.4. The van der Waals surface area contributed by atoms with Crippen LogP contribution in [0.2, 0.25) is 0 Å². The lowest BCUT2D eigenvalue weighted by molar-refractivity contribution is -0.130. The molecule has 0 aromatic heterocycles. The molecule has 0 spiro atoms. The molecular formula is C44H80N2O4. The van der Waals surface area contributed by atoms with Crippen LogP contribution in [0.25, 0.3) is 0 Å². The molecular weight excluding hydrogens is 620 g/mol. The molecule has 2 unspecified atom stereocenters. The van der Waals surface area contributed by atoms with E-state index in [0.717, 1.165) is 36.8 Å². The molecule has 0 heterocycles. The summed E-state index contributed by atoms with van der Waals surface area (Å²) in [6.07, 6.45) is 35.1. The molecule has 1 aromatic carbocycles. The van der Waals surface area contributed by atoms with Crippen LogP contribution in [0.4, 0.5) is 0 Å². The third-order valence-electron chi connectivity index (χ3n) is 10.2. The molecule has 0 aliphatic heterocycles. The normalized spacial score (nSPS) is 12.6. The van der Waals surface area contributed by atoms with Gasteiger partial charge >= 0.3 is 0 Å². The van der Waals surface area contributed by atoms with Crippen LogP contribution >= 0.6 is 0 Å². The van der Waals surface area contributed by atoms with Crippen LogP contribution in [0.5, 0.6) is 0 Å². The van der Waals surface area contributed by atoms with Crippen molar-refractivity contribution in [2.75, 3.05) is 0 Å². The number of amides is 2. The minimum Gasteiger partial charge on any atom is -0.383 e. The van der Waals surface area contributed by atoms with E-state index in [0.29, 0.717) is 25.9 Å². The Morgan fingerprint density at radius 2 is 0.640 bits per heavy atom. The van der Waals surface area contributed by atoms with E-state index in [1.54, 1.807) is 0 Å². The molecule has 0 bridgehead atoms. The van der Waals surface area contributed by atoms with Crippen LogP contribution in [-0.4, -0.2) is 34.2 Å². The first-order valence-corrected chi connectivity index (χ1v) is 21.5. The van der Waals surface area contributed by atoms with Gasteiger partial charge in [-0.25, -0.2) is 0 Å². The molecule has 0 saturated heterocycles. The van der Waals surface area contributed by atoms with Crippen LogP contribution in [-0.2, 0) is 22.7 Å². The summed E-state index contributed by atoms with van der Waals surface area (Å²) in [6.45, 7) is 5.25. The van der Waals surface area contributed by atoms with Crippen LogP contribution in [0.1, 0.15) is 218 Å². The van der Waals surface area contributed by atoms with Gasteiger partial charge in [0.2, 0.25) is 11.8 Å². The van der Waals surface area contributed by atoms with Crippen molar-refractivity contribution < 1.29 is 19.8 Å². The summed E-state index contributed by atoms with van der Waals surface area (Å²) in [5.74, 6) is -0.632. The minimum absolute atomic E-state index is 0.316. The Balaban J connectivity index is 2.01. The van der Waals surface area contributed by atoms with Crippen LogP contribution < -0.4 is 10.6 Å². The maximum Gasteiger partial charge on any atom is 0.249 e. The number of hydrogen-bond donors (Lipinski definition) is 4. The molecule has 1 rings (SSSR count). The van der Waals surface area contributed by atoms with Crippen molar-refractivity contribution in [2.45, 2.75) is 232 Å². The molecule has 0 aliphatic carbocycles. The fraction of sp³-hybridized carbons (Fsp3) is 0.818. The number of aliphatic hydroxyl groups excluding tert-OH is 2. The van der Waals surface area contributed by atoms with Crippen molar-refractivity contribution in [1.29, 1.82) is 0 Å². The second kappa shape index (κ2) is 34.2. The van der Waals surface area contributed by atoms with Gasteiger partial charge in [-0.1, -0.05) is 218 Å². The summed E-state index contributed by atoms with van der Waals surface area (Å²) in [7, 11) is 0. The summed E-state index contributed by atoms with van der Waals surface area (Å²) in [5, 5.41) is 26.3. The average Bonchev–Trinajstić information content (AvgIpc) is 3.13. The first kappa shape index (κ1) is 46.1. The molecule has 4 N–H and O–H groups in total. The Bertz CT molecular complexity index is 833. The third kappa shape index (κ3) is 27.8. The van der Waals surface area contributed by atoms with E-state index in [4.69, 9.17) is 0 Å². The minimum atomic E-state index is -0.960. The summed E-state index contributed by atoms with van der Waals surface area (Å²) in [5.41, 5.74) is 1.88. The summed E-state index contributed by atoms with van der Waals surface area (Å²) < 4.78 is 0. The third-order valence-corrected chi connectivity index (χ3v) is 10.2. The van der Waals surface area contributed by atoms with Gasteiger partial charge in [-0.05, 0) is 24.0 Å². The number of benzene rings is 1. The fourth-order valence-electron chi connectivity index (χ4n) is 6.72. The Morgan fingerprint density at radius 1 is 0.420 bits per heavy atom. The SMILES string of the molecule is CCCCCCCCCCCCCCCCC(O)C(=O)NCc1ccc(CNC(=O)C(O)CCCCCCCCCCCCCCCC)cc1. The Kier molecular flexibility index (Phi) is 31.5. The highest BCUT2D eigenvalue weighted by molar-refractivity contribution is 5.80. The van der Waals surface area contributed by atoms with Gasteiger partial charge in [-0.15, -0.1) is 0 Å². The molecule has 0 saturated carbocycles. The molecule has 1 aromatic rings. The van der Waals surface area contributed by atoms with E-state index in [1.807, 2.05) is 24.3 Å². The summed E-state index contributed by atoms with van der Waals surface area (Å²) in [4.78, 5) is 24.7. The number of carbonyl (C=O) groups excluding carboxylic acids is 2. The molecule has 2 amide bonds. The quantitative estimate of drug-likeness (QED) is 0.0524. The van der Waals surface area contributed by atoms with E-state index < -0.39 is 12.2 Å². The number of unbranched alkanes of at least 4 members (excludes halogenated alkanes) is 26. The Hall–Kier alpha value is -1.92. The number of carbonyl (C=O) groups is 2. The predicted molar refractivity (Wildman–Crippen MR) is 212 cm³/mol. The molecule has 2 atom stereocenters. The largest absolute Gasteiger partial charge is 0.383 e. The van der Waals surface area contributed by atoms with Gasteiger partial charge in [0.1, 0.15) is 12.2 Å². The topological polar surface area (TPSA) is 98.7 Å². The monoisotopic (exact) mass is 701 g/mol. The Morgan fingerprint density at radius 3 is 0.880 bits per heavy atom. The van der Waals surface area contributed by atoms with Crippen molar-refractivity contribution in [2.24, 2.45) is 0 Å². The smallest absolute Gasteiger partial charge is 0.249 e. The molecule has 6 heteroatoms. The standard InChI is InChI=1S/C44H80N2O4/c1-3-5-7-9-11-13-15-17-19-21-23-25-27-29-31-41(47)43(49)45-37-39-33-35-40(36-34-39)38-46-44(50)42(48)32-30-28-26-24-22-20-18-16-14-12-10-8-6-4-2/h33-36,41-42,47-48H,3-32,37-38H2,1-2H3,(H,45,49)(H,46,50). The summed E-state index contributed by atoms with van der Waals surface area (Å²) in [6, 6.07) is 7.69. The summed E-state index contributed by atoms with van der Waals surface area (Å²) >= 11 is 0. The van der Waals surface area contributed by atoms with Crippen molar-refractivity contribution in [3.8, 4) is 0 Å². The Labute approximate surface area is 308 Å². The first-order valence-electron chi connectivity index (χ1n) is 21.5. The van der Waals surface area contributed by atoms with E-state index in [2.05, 4.69) is 24.5 Å². The highest BCUT2D eigenvalue weighted by atomic mass is 16.3. The molecule has 0 aliphatic rings. The maximum absolute atomic E-state index is 12.4. The second-order valence-corrected chi connectivity index (χ2v) is 15.1. The maximum atomic E-state index is 12.4. The lowest BCUT2D eigenvalue weighted by Crippen LogP contribution is -2.34. The van der Waals surface area contributed by atoms with Gasteiger partial charge in [-0.3, -0.25) is 9.59 Å². The lowest BCUT2D eigenvalue weighted by Gasteiger charge is -2.13. The van der Waals surface area contributed by atoms with Gasteiger partial charge in [-0.2, -0.15) is 0 Å². The van der Waals surface area contributed by atoms with Crippen LogP contribution in [0.3, 0.4) is 0 Å². The number of rotatable bonds is 36. The lowest BCUT2D eigenvalue weighted by atomic mass is 10.0. The highest BCUT2D eigenvalue weighted by Gasteiger charge is 2.15. The first-order chi connectivity index (χ1) is 24.5. The molecule has 0 radical (unpaired) electrons. The zero-order chi connectivity index (χ0) is 36.3. The van der Waals surface area contributed by atoms with Crippen LogP contribution in [0.15, 0.2) is 24.3 Å². The van der Waals surface area contributed by atoms with E-state index >= 15 is 0 Å².